The molecule has 1 aromatic rings. The van der Waals surface area contributed by atoms with Crippen LogP contribution >= 0.6 is 0 Å². The van der Waals surface area contributed by atoms with Crippen LogP contribution in [0.5, 0.6) is 0 Å². The van der Waals surface area contributed by atoms with Gasteiger partial charge in [0.2, 0.25) is 23.6 Å². The molecule has 4 N–H and O–H groups in total. The number of carbonyl (C=O) groups is 4. The second-order valence-corrected chi connectivity index (χ2v) is 13.4. The molecule has 0 saturated heterocycles. The molecular formula is C31H51FN4O7S. The predicted molar refractivity (Wildman–Crippen MR) is 167 cm³/mol. The highest BCUT2D eigenvalue weighted by Gasteiger charge is 2.36. The van der Waals surface area contributed by atoms with E-state index in [1.807, 2.05) is 65.0 Å². The molecule has 7 atom stereocenters. The second-order valence-electron chi connectivity index (χ2n) is 12.0. The fourth-order valence-electron chi connectivity index (χ4n) is 4.67. The molecule has 0 saturated carbocycles. The topological polar surface area (TPSA) is 160 Å². The minimum atomic E-state index is -4.91. The van der Waals surface area contributed by atoms with E-state index in [1.165, 1.54) is 6.92 Å². The normalized spacial score (nSPS) is 16.5. The zero-order valence-electron chi connectivity index (χ0n) is 27.2. The van der Waals surface area contributed by atoms with Gasteiger partial charge in [-0.2, -0.15) is 8.42 Å². The SMILES string of the molecule is CCC(C)[C@H](NC(C)=O)C(=O)N[C@H](C(=O)N[C@H](C(=O)N[C@@H](CC(C)C)CS(=O)(=O)F)C(C)OCc1ccccc1)C(C)CC. The molecule has 44 heavy (non-hydrogen) atoms. The molecule has 13 heteroatoms. The molecule has 4 amide bonds. The first-order valence-corrected chi connectivity index (χ1v) is 16.8. The third kappa shape index (κ3) is 14.1. The number of carbonyl (C=O) groups excluding carboxylic acids is 4. The molecule has 0 fully saturated rings. The summed E-state index contributed by atoms with van der Waals surface area (Å²) in [6, 6.07) is 4.88. The van der Waals surface area contributed by atoms with Crippen LogP contribution in [-0.4, -0.2) is 68.1 Å². The molecule has 250 valence electrons. The van der Waals surface area contributed by atoms with Crippen LogP contribution in [0.3, 0.4) is 0 Å². The standard InChI is InChI=1S/C31H51FN4O7S/c1-9-20(5)26(33-23(8)37)29(38)35-27(21(6)10-2)30(39)36-28(22(7)43-17-24-14-12-11-13-15-24)31(40)34-25(16-19(3)4)18-44(32,41)42/h11-15,19-22,25-28H,9-10,16-18H2,1-8H3,(H,33,37)(H,34,40)(H,35,38)(H,36,39)/t20?,21?,22?,25-,26-,27-,28-/m0/s1. The number of hydrogen-bond acceptors (Lipinski definition) is 7. The number of ether oxygens (including phenoxy) is 1. The maximum atomic E-state index is 13.7. The average Bonchev–Trinajstić information content (AvgIpc) is 2.94. The van der Waals surface area contributed by atoms with Crippen molar-refractivity contribution in [2.45, 2.75) is 112 Å². The summed E-state index contributed by atoms with van der Waals surface area (Å²) in [7, 11) is -4.91. The van der Waals surface area contributed by atoms with Gasteiger partial charge in [0.05, 0.1) is 12.7 Å². The van der Waals surface area contributed by atoms with Gasteiger partial charge in [-0.1, -0.05) is 84.7 Å². The van der Waals surface area contributed by atoms with Gasteiger partial charge in [0.1, 0.15) is 23.9 Å². The van der Waals surface area contributed by atoms with Gasteiger partial charge in [0.25, 0.3) is 0 Å². The van der Waals surface area contributed by atoms with Crippen molar-refractivity contribution in [3.8, 4) is 0 Å². The first-order valence-electron chi connectivity index (χ1n) is 15.2. The molecule has 0 radical (unpaired) electrons. The zero-order valence-corrected chi connectivity index (χ0v) is 28.0. The average molecular weight is 643 g/mol. The van der Waals surface area contributed by atoms with Crippen molar-refractivity contribution in [3.63, 3.8) is 0 Å². The summed E-state index contributed by atoms with van der Waals surface area (Å²) < 4.78 is 42.5. The molecule has 0 spiro atoms. The molecule has 11 nitrogen and oxygen atoms in total. The first-order chi connectivity index (χ1) is 20.5. The Bertz CT molecular complexity index is 1180. The van der Waals surface area contributed by atoms with Crippen LogP contribution in [0.1, 0.15) is 80.2 Å². The van der Waals surface area contributed by atoms with Crippen molar-refractivity contribution in [2.24, 2.45) is 17.8 Å². The maximum Gasteiger partial charge on any atom is 0.304 e. The third-order valence-electron chi connectivity index (χ3n) is 7.56. The lowest BCUT2D eigenvalue weighted by Gasteiger charge is -2.32. The Kier molecular flexibility index (Phi) is 16.5. The third-order valence-corrected chi connectivity index (χ3v) is 8.36. The van der Waals surface area contributed by atoms with Gasteiger partial charge in [-0.15, -0.1) is 3.89 Å². The summed E-state index contributed by atoms with van der Waals surface area (Å²) in [5.74, 6) is -3.88. The maximum absolute atomic E-state index is 13.7. The van der Waals surface area contributed by atoms with Gasteiger partial charge in [-0.3, -0.25) is 19.2 Å². The van der Waals surface area contributed by atoms with Crippen molar-refractivity contribution in [1.82, 2.24) is 21.3 Å². The van der Waals surface area contributed by atoms with Crippen molar-refractivity contribution < 1.29 is 36.2 Å². The molecule has 3 unspecified atom stereocenters. The largest absolute Gasteiger partial charge is 0.371 e. The van der Waals surface area contributed by atoms with E-state index >= 15 is 0 Å². The Morgan fingerprint density at radius 3 is 1.70 bits per heavy atom. The highest BCUT2D eigenvalue weighted by atomic mass is 32.3. The van der Waals surface area contributed by atoms with E-state index in [1.54, 1.807) is 13.8 Å². The highest BCUT2D eigenvalue weighted by molar-refractivity contribution is 7.86. The van der Waals surface area contributed by atoms with E-state index in [-0.39, 0.29) is 36.7 Å². The van der Waals surface area contributed by atoms with Gasteiger partial charge in [0, 0.05) is 13.0 Å². The Balaban J connectivity index is 3.33. The fraction of sp³-hybridized carbons (Fsp3) is 0.677. The molecular weight excluding hydrogens is 591 g/mol. The minimum Gasteiger partial charge on any atom is -0.371 e. The Morgan fingerprint density at radius 2 is 1.25 bits per heavy atom. The van der Waals surface area contributed by atoms with Crippen LogP contribution in [0, 0.1) is 17.8 Å². The smallest absolute Gasteiger partial charge is 0.304 e. The minimum absolute atomic E-state index is 0.0612. The van der Waals surface area contributed by atoms with E-state index in [4.69, 9.17) is 4.74 Å². The van der Waals surface area contributed by atoms with E-state index in [0.717, 1.165) is 5.56 Å². The van der Waals surface area contributed by atoms with Gasteiger partial charge < -0.3 is 26.0 Å². The van der Waals surface area contributed by atoms with Crippen molar-refractivity contribution in [1.29, 1.82) is 0 Å². The van der Waals surface area contributed by atoms with Crippen LogP contribution in [0.15, 0.2) is 30.3 Å². The number of hydrogen-bond donors (Lipinski definition) is 4. The lowest BCUT2D eigenvalue weighted by Crippen LogP contribution is -2.62. The van der Waals surface area contributed by atoms with E-state index in [9.17, 15) is 31.5 Å². The Morgan fingerprint density at radius 1 is 0.773 bits per heavy atom. The molecule has 0 heterocycles. The molecule has 1 aromatic carbocycles. The molecule has 0 bridgehead atoms. The first kappa shape index (κ1) is 39.0. The Hall–Kier alpha value is -3.06. The summed E-state index contributed by atoms with van der Waals surface area (Å²) in [5.41, 5.74) is 0.824. The summed E-state index contributed by atoms with van der Waals surface area (Å²) in [5, 5.41) is 10.7. The van der Waals surface area contributed by atoms with Gasteiger partial charge in [-0.25, -0.2) is 0 Å². The molecule has 0 aromatic heterocycles. The second kappa shape index (κ2) is 18.7. The number of rotatable bonds is 19. The molecule has 1 rings (SSSR count). The van der Waals surface area contributed by atoms with Crippen LogP contribution < -0.4 is 21.3 Å². The monoisotopic (exact) mass is 642 g/mol. The van der Waals surface area contributed by atoms with E-state index in [2.05, 4.69) is 21.3 Å². The molecule has 0 aliphatic heterocycles. The fourth-order valence-corrected chi connectivity index (χ4v) is 5.37. The zero-order chi connectivity index (χ0) is 33.6. The van der Waals surface area contributed by atoms with Crippen molar-refractivity contribution in [2.75, 3.05) is 5.75 Å². The number of halogens is 1. The summed E-state index contributed by atoms with van der Waals surface area (Å²) in [6.45, 7) is 13.9. The summed E-state index contributed by atoms with van der Waals surface area (Å²) >= 11 is 0. The summed E-state index contributed by atoms with van der Waals surface area (Å²) in [4.78, 5) is 52.4. The molecule has 0 aliphatic rings. The lowest BCUT2D eigenvalue weighted by atomic mass is 9.94. The van der Waals surface area contributed by atoms with E-state index < -0.39 is 64.0 Å². The number of nitrogens with one attached hydrogen (secondary N) is 4. The summed E-state index contributed by atoms with van der Waals surface area (Å²) in [6.07, 6.45) is 0.388. The van der Waals surface area contributed by atoms with E-state index in [0.29, 0.717) is 12.8 Å². The van der Waals surface area contributed by atoms with Crippen LogP contribution in [-0.2, 0) is 40.7 Å². The predicted octanol–water partition coefficient (Wildman–Crippen LogP) is 2.99. The van der Waals surface area contributed by atoms with Gasteiger partial charge >= 0.3 is 10.2 Å². The van der Waals surface area contributed by atoms with Gasteiger partial charge in [0.15, 0.2) is 0 Å². The van der Waals surface area contributed by atoms with Crippen LogP contribution in [0.2, 0.25) is 0 Å². The molecule has 0 aliphatic carbocycles. The lowest BCUT2D eigenvalue weighted by molar-refractivity contribution is -0.137. The van der Waals surface area contributed by atoms with Crippen molar-refractivity contribution in [3.05, 3.63) is 35.9 Å². The van der Waals surface area contributed by atoms with Crippen molar-refractivity contribution >= 4 is 33.9 Å². The number of amides is 4. The van der Waals surface area contributed by atoms with Crippen LogP contribution in [0.4, 0.5) is 3.89 Å². The Labute approximate surface area is 262 Å². The quantitative estimate of drug-likeness (QED) is 0.169. The van der Waals surface area contributed by atoms with Crippen LogP contribution in [0.25, 0.3) is 0 Å². The highest BCUT2D eigenvalue weighted by Crippen LogP contribution is 2.15. The number of benzene rings is 1. The van der Waals surface area contributed by atoms with Gasteiger partial charge in [-0.05, 0) is 36.7 Å².